The molecule has 1 aromatic rings. The Morgan fingerprint density at radius 2 is 2.30 bits per heavy atom. The number of hydrogen-bond acceptors (Lipinski definition) is 4. The molecule has 1 aromatic heterocycles. The highest BCUT2D eigenvalue weighted by atomic mass is 16.4. The van der Waals surface area contributed by atoms with Crippen molar-refractivity contribution in [3.63, 3.8) is 0 Å². The lowest BCUT2D eigenvalue weighted by Gasteiger charge is -1.80. The summed E-state index contributed by atoms with van der Waals surface area (Å²) < 4.78 is 4.97. The fourth-order valence-corrected chi connectivity index (χ4v) is 0.789. The molecule has 52 valence electrons. The van der Waals surface area contributed by atoms with Crippen molar-refractivity contribution < 1.29 is 9.21 Å². The smallest absolute Gasteiger partial charge is 0.280 e. The molecule has 0 saturated heterocycles. The maximum atomic E-state index is 10.1. The number of aldehydes is 1. The molecule has 0 aliphatic heterocycles. The first kappa shape index (κ1) is 5.58. The van der Waals surface area contributed by atoms with Gasteiger partial charge in [0, 0.05) is 5.92 Å². The molecule has 0 spiro atoms. The van der Waals surface area contributed by atoms with Gasteiger partial charge in [-0.25, -0.2) is 0 Å². The molecule has 4 heteroatoms. The number of carbonyl (C=O) groups is 1. The van der Waals surface area contributed by atoms with Gasteiger partial charge in [-0.3, -0.25) is 4.79 Å². The van der Waals surface area contributed by atoms with E-state index in [1.165, 1.54) is 0 Å². The van der Waals surface area contributed by atoms with E-state index in [-0.39, 0.29) is 5.89 Å². The average Bonchev–Trinajstić information content (AvgIpc) is 2.70. The van der Waals surface area contributed by atoms with E-state index in [0.29, 0.717) is 18.1 Å². The lowest BCUT2D eigenvalue weighted by Crippen LogP contribution is -1.76. The van der Waals surface area contributed by atoms with Gasteiger partial charge in [0.25, 0.3) is 5.89 Å². The van der Waals surface area contributed by atoms with Gasteiger partial charge >= 0.3 is 0 Å². The first-order valence-corrected chi connectivity index (χ1v) is 3.19. The predicted octanol–water partition coefficient (Wildman–Crippen LogP) is 0.760. The quantitative estimate of drug-likeness (QED) is 0.566. The van der Waals surface area contributed by atoms with E-state index in [4.69, 9.17) is 4.42 Å². The molecule has 1 aliphatic rings. The van der Waals surface area contributed by atoms with E-state index in [1.807, 2.05) is 0 Å². The maximum Gasteiger partial charge on any atom is 0.280 e. The zero-order chi connectivity index (χ0) is 6.97. The number of rotatable bonds is 2. The topological polar surface area (TPSA) is 56.0 Å². The number of hydrogen-bond donors (Lipinski definition) is 0. The highest BCUT2D eigenvalue weighted by molar-refractivity contribution is 5.66. The molecule has 1 aliphatic carbocycles. The molecule has 0 atom stereocenters. The van der Waals surface area contributed by atoms with Gasteiger partial charge in [0.2, 0.25) is 12.2 Å². The van der Waals surface area contributed by atoms with E-state index in [1.54, 1.807) is 0 Å². The largest absolute Gasteiger partial charge is 0.418 e. The van der Waals surface area contributed by atoms with Crippen LogP contribution in [-0.2, 0) is 0 Å². The third-order valence-corrected chi connectivity index (χ3v) is 1.48. The minimum Gasteiger partial charge on any atom is -0.418 e. The Bertz CT molecular complexity index is 252. The van der Waals surface area contributed by atoms with Crippen LogP contribution in [0.15, 0.2) is 4.42 Å². The van der Waals surface area contributed by atoms with Crippen LogP contribution in [0.1, 0.15) is 35.3 Å². The van der Waals surface area contributed by atoms with Crippen molar-refractivity contribution in [2.24, 2.45) is 0 Å². The summed E-state index contributed by atoms with van der Waals surface area (Å²) >= 11 is 0. The number of nitrogens with zero attached hydrogens (tertiary/aromatic N) is 2. The van der Waals surface area contributed by atoms with E-state index in [9.17, 15) is 4.79 Å². The second kappa shape index (κ2) is 1.90. The third kappa shape index (κ3) is 0.814. The minimum atomic E-state index is 0.0851. The molecule has 1 saturated carbocycles. The second-order valence-corrected chi connectivity index (χ2v) is 2.37. The first-order valence-electron chi connectivity index (χ1n) is 3.19. The monoisotopic (exact) mass is 138 g/mol. The van der Waals surface area contributed by atoms with Crippen molar-refractivity contribution in [1.29, 1.82) is 0 Å². The maximum absolute atomic E-state index is 10.1. The van der Waals surface area contributed by atoms with Gasteiger partial charge in [0.1, 0.15) is 0 Å². The lowest BCUT2D eigenvalue weighted by molar-refractivity contribution is 0.109. The van der Waals surface area contributed by atoms with Crippen LogP contribution in [0.2, 0.25) is 0 Å². The first-order chi connectivity index (χ1) is 4.90. The van der Waals surface area contributed by atoms with Gasteiger partial charge in [-0.05, 0) is 12.8 Å². The highest BCUT2D eigenvalue weighted by Gasteiger charge is 2.29. The van der Waals surface area contributed by atoms with Crippen molar-refractivity contribution in [3.05, 3.63) is 11.8 Å². The van der Waals surface area contributed by atoms with Crippen LogP contribution in [0.5, 0.6) is 0 Å². The average molecular weight is 138 g/mol. The summed E-state index contributed by atoms with van der Waals surface area (Å²) in [4.78, 5) is 10.1. The molecule has 1 heterocycles. The summed E-state index contributed by atoms with van der Waals surface area (Å²) in [6, 6.07) is 0. The van der Waals surface area contributed by atoms with E-state index >= 15 is 0 Å². The molecule has 0 bridgehead atoms. The SMILES string of the molecule is O=Cc1nnc(C2CC2)o1. The summed E-state index contributed by atoms with van der Waals surface area (Å²) in [5.41, 5.74) is 0. The van der Waals surface area contributed by atoms with Crippen molar-refractivity contribution in [2.45, 2.75) is 18.8 Å². The standard InChI is InChI=1S/C6H6N2O2/c9-3-5-7-8-6(10-5)4-1-2-4/h3-4H,1-2H2. The fraction of sp³-hybridized carbons (Fsp3) is 0.500. The normalized spacial score (nSPS) is 17.2. The molecule has 0 radical (unpaired) electrons. The van der Waals surface area contributed by atoms with Crippen LogP contribution in [-0.4, -0.2) is 16.5 Å². The molecule has 4 nitrogen and oxygen atoms in total. The van der Waals surface area contributed by atoms with Crippen LogP contribution in [0.25, 0.3) is 0 Å². The minimum absolute atomic E-state index is 0.0851. The Morgan fingerprint density at radius 3 is 2.80 bits per heavy atom. The van der Waals surface area contributed by atoms with E-state index in [2.05, 4.69) is 10.2 Å². The second-order valence-electron chi connectivity index (χ2n) is 2.37. The summed E-state index contributed by atoms with van der Waals surface area (Å²) in [6.07, 6.45) is 2.79. The third-order valence-electron chi connectivity index (χ3n) is 1.48. The molecular weight excluding hydrogens is 132 g/mol. The van der Waals surface area contributed by atoms with Gasteiger partial charge in [-0.2, -0.15) is 0 Å². The molecule has 0 amide bonds. The van der Waals surface area contributed by atoms with Crippen LogP contribution in [0.3, 0.4) is 0 Å². The van der Waals surface area contributed by atoms with Crippen molar-refractivity contribution in [1.82, 2.24) is 10.2 Å². The molecule has 2 rings (SSSR count). The van der Waals surface area contributed by atoms with Gasteiger partial charge in [0.15, 0.2) is 0 Å². The molecule has 10 heavy (non-hydrogen) atoms. The molecule has 0 unspecified atom stereocenters. The van der Waals surface area contributed by atoms with Crippen LogP contribution in [0, 0.1) is 0 Å². The molecule has 0 N–H and O–H groups in total. The number of aromatic nitrogens is 2. The van der Waals surface area contributed by atoms with Crippen LogP contribution < -0.4 is 0 Å². The van der Waals surface area contributed by atoms with Crippen LogP contribution >= 0.6 is 0 Å². The summed E-state index contributed by atoms with van der Waals surface area (Å²) in [5.74, 6) is 1.13. The molecular formula is C6H6N2O2. The zero-order valence-corrected chi connectivity index (χ0v) is 5.28. The zero-order valence-electron chi connectivity index (χ0n) is 5.28. The summed E-state index contributed by atoms with van der Waals surface area (Å²) in [7, 11) is 0. The Morgan fingerprint density at radius 1 is 1.50 bits per heavy atom. The predicted molar refractivity (Wildman–Crippen MR) is 31.7 cm³/mol. The van der Waals surface area contributed by atoms with Gasteiger partial charge < -0.3 is 4.42 Å². The fourth-order valence-electron chi connectivity index (χ4n) is 0.789. The van der Waals surface area contributed by atoms with Gasteiger partial charge in [-0.1, -0.05) is 0 Å². The van der Waals surface area contributed by atoms with Crippen molar-refractivity contribution in [3.8, 4) is 0 Å². The molecule has 0 aromatic carbocycles. The van der Waals surface area contributed by atoms with Crippen molar-refractivity contribution >= 4 is 6.29 Å². The Kier molecular flexibility index (Phi) is 1.06. The summed E-state index contributed by atoms with van der Waals surface area (Å²) in [5, 5.41) is 7.21. The molecule has 1 fully saturated rings. The van der Waals surface area contributed by atoms with E-state index in [0.717, 1.165) is 12.8 Å². The van der Waals surface area contributed by atoms with Crippen molar-refractivity contribution in [2.75, 3.05) is 0 Å². The summed E-state index contributed by atoms with van der Waals surface area (Å²) in [6.45, 7) is 0. The van der Waals surface area contributed by atoms with E-state index < -0.39 is 0 Å². The van der Waals surface area contributed by atoms with Crippen LogP contribution in [0.4, 0.5) is 0 Å². The Hall–Kier alpha value is -1.19. The Balaban J connectivity index is 2.26. The number of carbonyl (C=O) groups excluding carboxylic acids is 1. The van der Waals surface area contributed by atoms with Gasteiger partial charge in [0.05, 0.1) is 0 Å². The highest BCUT2D eigenvalue weighted by Crippen LogP contribution is 2.38. The lowest BCUT2D eigenvalue weighted by atomic mass is 10.4. The van der Waals surface area contributed by atoms with Gasteiger partial charge in [-0.15, -0.1) is 10.2 Å². The Labute approximate surface area is 57.2 Å².